The molecule has 4 nitrogen and oxygen atoms in total. The molecular weight excluding hydrogens is 396 g/mol. The largest absolute Gasteiger partial charge is 0.426 e. The van der Waals surface area contributed by atoms with Crippen LogP contribution < -0.4 is 4.74 Å². The summed E-state index contributed by atoms with van der Waals surface area (Å²) in [5.41, 5.74) is 3.83. The molecule has 0 aliphatic rings. The van der Waals surface area contributed by atoms with Gasteiger partial charge in [0, 0.05) is 22.1 Å². The Kier molecular flexibility index (Phi) is 5.65. The predicted octanol–water partition coefficient (Wildman–Crippen LogP) is 6.03. The Bertz CT molecular complexity index is 1300. The van der Waals surface area contributed by atoms with Crippen molar-refractivity contribution in [1.29, 1.82) is 5.26 Å². The first kappa shape index (κ1) is 19.5. The number of aromatic amines is 1. The van der Waals surface area contributed by atoms with Crippen LogP contribution in [0.2, 0.25) is 5.02 Å². The Labute approximate surface area is 179 Å². The number of halogens is 1. The number of hydrogen-bond donors (Lipinski definition) is 1. The van der Waals surface area contributed by atoms with E-state index in [0.717, 1.165) is 27.6 Å². The van der Waals surface area contributed by atoms with Gasteiger partial charge in [0.15, 0.2) is 0 Å². The van der Waals surface area contributed by atoms with Crippen molar-refractivity contribution in [2.75, 3.05) is 0 Å². The first-order chi connectivity index (χ1) is 14.6. The second kappa shape index (κ2) is 8.69. The maximum absolute atomic E-state index is 12.5. The van der Waals surface area contributed by atoms with Crippen LogP contribution in [0.5, 0.6) is 5.75 Å². The number of benzene rings is 3. The van der Waals surface area contributed by atoms with Crippen LogP contribution in [-0.2, 0) is 11.2 Å². The van der Waals surface area contributed by atoms with E-state index in [1.165, 1.54) is 0 Å². The third-order valence-corrected chi connectivity index (χ3v) is 4.90. The molecule has 0 amide bonds. The Morgan fingerprint density at radius 3 is 2.73 bits per heavy atom. The van der Waals surface area contributed by atoms with Crippen LogP contribution in [0, 0.1) is 11.3 Å². The fraction of sp³-hybridized carbons (Fsp3) is 0.0400. The highest BCUT2D eigenvalue weighted by molar-refractivity contribution is 6.30. The van der Waals surface area contributed by atoms with Crippen molar-refractivity contribution in [1.82, 2.24) is 4.98 Å². The van der Waals surface area contributed by atoms with Gasteiger partial charge in [-0.1, -0.05) is 54.1 Å². The van der Waals surface area contributed by atoms with Crippen molar-refractivity contribution < 1.29 is 9.53 Å². The topological polar surface area (TPSA) is 65.9 Å². The van der Waals surface area contributed by atoms with E-state index in [2.05, 4.69) is 11.1 Å². The van der Waals surface area contributed by atoms with Gasteiger partial charge in [0.1, 0.15) is 5.75 Å². The van der Waals surface area contributed by atoms with Crippen LogP contribution in [0.25, 0.3) is 22.6 Å². The van der Waals surface area contributed by atoms with Crippen molar-refractivity contribution in [3.63, 3.8) is 0 Å². The van der Waals surface area contributed by atoms with E-state index in [9.17, 15) is 10.1 Å². The van der Waals surface area contributed by atoms with Gasteiger partial charge < -0.3 is 9.72 Å². The van der Waals surface area contributed by atoms with E-state index in [1.807, 2.05) is 42.6 Å². The zero-order valence-corrected chi connectivity index (χ0v) is 16.7. The molecule has 146 valence electrons. The highest BCUT2D eigenvalue weighted by atomic mass is 35.5. The molecular formula is C25H17ClN2O2. The average molecular weight is 413 g/mol. The molecule has 0 saturated heterocycles. The van der Waals surface area contributed by atoms with Gasteiger partial charge in [-0.05, 0) is 53.1 Å². The number of hydrogen-bond acceptors (Lipinski definition) is 3. The molecule has 1 aromatic heterocycles. The van der Waals surface area contributed by atoms with E-state index >= 15 is 0 Å². The van der Waals surface area contributed by atoms with Gasteiger partial charge in [0.05, 0.1) is 18.1 Å². The quantitative estimate of drug-likeness (QED) is 0.188. The van der Waals surface area contributed by atoms with Crippen LogP contribution in [-0.4, -0.2) is 11.0 Å². The number of esters is 1. The maximum atomic E-state index is 12.5. The lowest BCUT2D eigenvalue weighted by Crippen LogP contribution is -2.11. The normalized spacial score (nSPS) is 11.3. The summed E-state index contributed by atoms with van der Waals surface area (Å²) < 4.78 is 5.53. The molecule has 0 unspecified atom stereocenters. The molecule has 1 N–H and O–H groups in total. The van der Waals surface area contributed by atoms with E-state index in [4.69, 9.17) is 16.3 Å². The molecule has 0 radical (unpaired) electrons. The number of carbonyl (C=O) groups is 1. The summed E-state index contributed by atoms with van der Waals surface area (Å²) in [4.78, 5) is 15.6. The van der Waals surface area contributed by atoms with Gasteiger partial charge in [-0.3, -0.25) is 4.79 Å². The highest BCUT2D eigenvalue weighted by Crippen LogP contribution is 2.23. The lowest BCUT2D eigenvalue weighted by Gasteiger charge is -2.06. The van der Waals surface area contributed by atoms with Crippen molar-refractivity contribution in [3.8, 4) is 11.8 Å². The molecule has 0 saturated carbocycles. The molecule has 3 aromatic carbocycles. The third kappa shape index (κ3) is 4.43. The number of H-pyrrole nitrogens is 1. The van der Waals surface area contributed by atoms with E-state index < -0.39 is 0 Å². The molecule has 30 heavy (non-hydrogen) atoms. The smallest absolute Gasteiger partial charge is 0.315 e. The number of rotatable bonds is 5. The standard InChI is InChI=1S/C25H17ClN2O2/c26-21-7-4-6-18(13-21)19(15-27)11-17-5-3-8-22(12-17)30-25(29)14-20-16-28-24-10-2-1-9-23(20)24/h1-13,16,28H,14H2/b19-11-. The number of nitrogens with one attached hydrogen (secondary N) is 1. The molecule has 0 atom stereocenters. The number of nitrogens with zero attached hydrogens (tertiary/aromatic N) is 1. The molecule has 0 spiro atoms. The first-order valence-corrected chi connectivity index (χ1v) is 9.73. The van der Waals surface area contributed by atoms with Crippen LogP contribution >= 0.6 is 11.6 Å². The third-order valence-electron chi connectivity index (χ3n) is 4.67. The van der Waals surface area contributed by atoms with Gasteiger partial charge in [-0.15, -0.1) is 0 Å². The molecule has 0 fully saturated rings. The zero-order chi connectivity index (χ0) is 20.9. The van der Waals surface area contributed by atoms with Crippen LogP contribution in [0.1, 0.15) is 16.7 Å². The fourth-order valence-electron chi connectivity index (χ4n) is 3.27. The Morgan fingerprint density at radius 2 is 1.90 bits per heavy atom. The molecule has 0 bridgehead atoms. The molecule has 1 heterocycles. The predicted molar refractivity (Wildman–Crippen MR) is 119 cm³/mol. The van der Waals surface area contributed by atoms with Gasteiger partial charge in [0.2, 0.25) is 0 Å². The lowest BCUT2D eigenvalue weighted by atomic mass is 10.0. The van der Waals surface area contributed by atoms with E-state index in [1.54, 1.807) is 42.5 Å². The highest BCUT2D eigenvalue weighted by Gasteiger charge is 2.11. The summed E-state index contributed by atoms with van der Waals surface area (Å²) in [6.45, 7) is 0. The second-order valence-corrected chi connectivity index (χ2v) is 7.20. The second-order valence-electron chi connectivity index (χ2n) is 6.76. The number of fused-ring (bicyclic) bond motifs is 1. The first-order valence-electron chi connectivity index (χ1n) is 9.36. The summed E-state index contributed by atoms with van der Waals surface area (Å²) in [6.07, 6.45) is 3.73. The minimum absolute atomic E-state index is 0.163. The molecule has 0 aliphatic carbocycles. The monoisotopic (exact) mass is 412 g/mol. The van der Waals surface area contributed by atoms with Gasteiger partial charge in [-0.25, -0.2) is 0 Å². The summed E-state index contributed by atoms with van der Waals surface area (Å²) in [5.74, 6) is 0.0770. The number of carbonyl (C=O) groups excluding carboxylic acids is 1. The van der Waals surface area contributed by atoms with Crippen LogP contribution in [0.3, 0.4) is 0 Å². The number of aromatic nitrogens is 1. The van der Waals surface area contributed by atoms with Crippen LogP contribution in [0.4, 0.5) is 0 Å². The fourth-order valence-corrected chi connectivity index (χ4v) is 3.46. The van der Waals surface area contributed by atoms with Gasteiger partial charge in [-0.2, -0.15) is 5.26 Å². The van der Waals surface area contributed by atoms with Crippen molar-refractivity contribution >= 4 is 40.1 Å². The lowest BCUT2D eigenvalue weighted by molar-refractivity contribution is -0.133. The maximum Gasteiger partial charge on any atom is 0.315 e. The molecule has 4 rings (SSSR count). The molecule has 0 aliphatic heterocycles. The number of allylic oxidation sites excluding steroid dienone is 1. The molecule has 5 heteroatoms. The van der Waals surface area contributed by atoms with Crippen LogP contribution in [0.15, 0.2) is 79.0 Å². The SMILES string of the molecule is N#C/C(=C/c1cccc(OC(=O)Cc2c[nH]c3ccccc23)c1)c1cccc(Cl)c1. The van der Waals surface area contributed by atoms with Gasteiger partial charge >= 0.3 is 5.97 Å². The minimum atomic E-state index is -0.351. The Hall–Kier alpha value is -3.81. The summed E-state index contributed by atoms with van der Waals surface area (Å²) in [5, 5.41) is 11.1. The van der Waals surface area contributed by atoms with Gasteiger partial charge in [0.25, 0.3) is 0 Å². The van der Waals surface area contributed by atoms with E-state index in [0.29, 0.717) is 16.3 Å². The van der Waals surface area contributed by atoms with Crippen molar-refractivity contribution in [2.45, 2.75) is 6.42 Å². The summed E-state index contributed by atoms with van der Waals surface area (Å²) >= 11 is 6.03. The minimum Gasteiger partial charge on any atom is -0.426 e. The summed E-state index contributed by atoms with van der Waals surface area (Å²) in [7, 11) is 0. The van der Waals surface area contributed by atoms with Crippen molar-refractivity contribution in [2.24, 2.45) is 0 Å². The Morgan fingerprint density at radius 1 is 1.07 bits per heavy atom. The van der Waals surface area contributed by atoms with Crippen molar-refractivity contribution in [3.05, 3.63) is 101 Å². The Balaban J connectivity index is 1.52. The zero-order valence-electron chi connectivity index (χ0n) is 15.9. The average Bonchev–Trinajstić information content (AvgIpc) is 3.15. The molecule has 4 aromatic rings. The summed E-state index contributed by atoms with van der Waals surface area (Å²) in [6, 6.07) is 24.2. The number of nitriles is 1. The van der Waals surface area contributed by atoms with E-state index in [-0.39, 0.29) is 12.4 Å². The number of ether oxygens (including phenoxy) is 1. The number of para-hydroxylation sites is 1.